The van der Waals surface area contributed by atoms with E-state index in [0.717, 1.165) is 30.5 Å². The van der Waals surface area contributed by atoms with Crippen molar-refractivity contribution in [2.75, 3.05) is 5.32 Å². The molecule has 0 bridgehead atoms. The number of nitrogens with one attached hydrogen (secondary N) is 2. The number of amides is 1. The summed E-state index contributed by atoms with van der Waals surface area (Å²) in [5.41, 5.74) is 3.73. The average molecular weight is 269 g/mol. The number of carbonyl (C=O) groups is 2. The lowest BCUT2D eigenvalue weighted by Crippen LogP contribution is -2.14. The number of anilines is 1. The minimum absolute atomic E-state index is 0.0261. The number of aromatic amines is 1. The highest BCUT2D eigenvalue weighted by Gasteiger charge is 2.23. The van der Waals surface area contributed by atoms with Crippen LogP contribution in [0.25, 0.3) is 0 Å². The number of rotatable bonds is 3. The molecule has 5 heteroatoms. The Kier molecular flexibility index (Phi) is 3.10. The molecule has 1 amide bonds. The van der Waals surface area contributed by atoms with Crippen molar-refractivity contribution in [3.05, 3.63) is 46.8 Å². The Morgan fingerprint density at radius 3 is 2.95 bits per heavy atom. The first-order chi connectivity index (χ1) is 9.65. The second kappa shape index (κ2) is 4.92. The number of H-pyrrole nitrogens is 1. The molecule has 0 aliphatic heterocycles. The van der Waals surface area contributed by atoms with Gasteiger partial charge in [0, 0.05) is 22.5 Å². The van der Waals surface area contributed by atoms with Crippen molar-refractivity contribution in [3.63, 3.8) is 0 Å². The lowest BCUT2D eigenvalue weighted by molar-refractivity contribution is 0.100. The monoisotopic (exact) mass is 269 g/mol. The van der Waals surface area contributed by atoms with Crippen molar-refractivity contribution in [3.8, 4) is 0 Å². The fraction of sp³-hybridized carbons (Fsp3) is 0.267. The Morgan fingerprint density at radius 2 is 2.15 bits per heavy atom. The molecule has 102 valence electrons. The lowest BCUT2D eigenvalue weighted by atomic mass is 10.1. The van der Waals surface area contributed by atoms with Crippen LogP contribution < -0.4 is 5.32 Å². The molecule has 1 heterocycles. The molecule has 5 nitrogen and oxygen atoms in total. The molecule has 20 heavy (non-hydrogen) atoms. The molecule has 3 rings (SSSR count). The SMILES string of the molecule is CC(=O)c1cccc(NC(=O)c2n[nH]c3c2CCC3)c1. The van der Waals surface area contributed by atoms with Gasteiger partial charge in [0.1, 0.15) is 0 Å². The summed E-state index contributed by atoms with van der Waals surface area (Å²) in [5, 5.41) is 9.80. The molecule has 0 saturated carbocycles. The topological polar surface area (TPSA) is 74.8 Å². The van der Waals surface area contributed by atoms with Crippen LogP contribution in [0.2, 0.25) is 0 Å². The zero-order chi connectivity index (χ0) is 14.1. The molecule has 0 spiro atoms. The largest absolute Gasteiger partial charge is 0.321 e. The van der Waals surface area contributed by atoms with E-state index in [1.54, 1.807) is 24.3 Å². The van der Waals surface area contributed by atoms with E-state index in [9.17, 15) is 9.59 Å². The van der Waals surface area contributed by atoms with Crippen LogP contribution in [-0.2, 0) is 12.8 Å². The summed E-state index contributed by atoms with van der Waals surface area (Å²) in [7, 11) is 0. The molecule has 0 radical (unpaired) electrons. The van der Waals surface area contributed by atoms with E-state index in [2.05, 4.69) is 15.5 Å². The second-order valence-electron chi connectivity index (χ2n) is 4.97. The highest BCUT2D eigenvalue weighted by molar-refractivity contribution is 6.05. The second-order valence-corrected chi connectivity index (χ2v) is 4.97. The van der Waals surface area contributed by atoms with Gasteiger partial charge < -0.3 is 5.32 Å². The van der Waals surface area contributed by atoms with E-state index in [0.29, 0.717) is 16.9 Å². The Morgan fingerprint density at radius 1 is 1.30 bits per heavy atom. The maximum Gasteiger partial charge on any atom is 0.276 e. The van der Waals surface area contributed by atoms with E-state index < -0.39 is 0 Å². The number of Topliss-reactive ketones (excluding diaryl/α,β-unsaturated/α-hetero) is 1. The van der Waals surface area contributed by atoms with Gasteiger partial charge in [0.15, 0.2) is 11.5 Å². The van der Waals surface area contributed by atoms with E-state index in [-0.39, 0.29) is 11.7 Å². The van der Waals surface area contributed by atoms with E-state index >= 15 is 0 Å². The standard InChI is InChI=1S/C15H15N3O2/c1-9(19)10-4-2-5-11(8-10)16-15(20)14-12-6-3-7-13(12)17-18-14/h2,4-5,8H,3,6-7H2,1H3,(H,16,20)(H,17,18). The first kappa shape index (κ1) is 12.6. The van der Waals surface area contributed by atoms with Crippen LogP contribution in [0.4, 0.5) is 5.69 Å². The fourth-order valence-corrected chi connectivity index (χ4v) is 2.51. The molecule has 0 fully saturated rings. The van der Waals surface area contributed by atoms with Crippen LogP contribution in [0.15, 0.2) is 24.3 Å². The van der Waals surface area contributed by atoms with Crippen LogP contribution in [0, 0.1) is 0 Å². The molecule has 1 aromatic heterocycles. The average Bonchev–Trinajstić information content (AvgIpc) is 3.00. The van der Waals surface area contributed by atoms with Crippen molar-refractivity contribution < 1.29 is 9.59 Å². The van der Waals surface area contributed by atoms with Crippen LogP contribution in [0.3, 0.4) is 0 Å². The maximum atomic E-state index is 12.2. The third-order valence-electron chi connectivity index (χ3n) is 3.55. The smallest absolute Gasteiger partial charge is 0.276 e. The Labute approximate surface area is 116 Å². The minimum atomic E-state index is -0.231. The van der Waals surface area contributed by atoms with Crippen molar-refractivity contribution in [1.29, 1.82) is 0 Å². The molecule has 0 unspecified atom stereocenters. The van der Waals surface area contributed by atoms with Gasteiger partial charge in [0.05, 0.1) is 0 Å². The molecule has 1 aliphatic carbocycles. The molecule has 1 aliphatic rings. The Hall–Kier alpha value is -2.43. The summed E-state index contributed by atoms with van der Waals surface area (Å²) < 4.78 is 0. The number of fused-ring (bicyclic) bond motifs is 1. The summed E-state index contributed by atoms with van der Waals surface area (Å²) in [5.74, 6) is -0.258. The van der Waals surface area contributed by atoms with Crippen molar-refractivity contribution in [1.82, 2.24) is 10.2 Å². The summed E-state index contributed by atoms with van der Waals surface area (Å²) >= 11 is 0. The zero-order valence-corrected chi connectivity index (χ0v) is 11.2. The third-order valence-corrected chi connectivity index (χ3v) is 3.55. The number of carbonyl (C=O) groups excluding carboxylic acids is 2. The van der Waals surface area contributed by atoms with Crippen LogP contribution in [0.1, 0.15) is 45.4 Å². The van der Waals surface area contributed by atoms with Crippen molar-refractivity contribution in [2.45, 2.75) is 26.2 Å². The number of ketones is 1. The fourth-order valence-electron chi connectivity index (χ4n) is 2.51. The molecule has 2 N–H and O–H groups in total. The summed E-state index contributed by atoms with van der Waals surface area (Å²) in [4.78, 5) is 23.6. The summed E-state index contributed by atoms with van der Waals surface area (Å²) in [6.07, 6.45) is 2.90. The quantitative estimate of drug-likeness (QED) is 0.840. The highest BCUT2D eigenvalue weighted by Crippen LogP contribution is 2.23. The van der Waals surface area contributed by atoms with Gasteiger partial charge >= 0.3 is 0 Å². The predicted molar refractivity (Wildman–Crippen MR) is 75.0 cm³/mol. The van der Waals surface area contributed by atoms with E-state index in [1.807, 2.05) is 0 Å². The number of nitrogens with zero attached hydrogens (tertiary/aromatic N) is 1. The molecule has 1 aromatic carbocycles. The van der Waals surface area contributed by atoms with Gasteiger partial charge in [-0.2, -0.15) is 5.10 Å². The maximum absolute atomic E-state index is 12.2. The van der Waals surface area contributed by atoms with Crippen molar-refractivity contribution in [2.24, 2.45) is 0 Å². The van der Waals surface area contributed by atoms with E-state index in [1.165, 1.54) is 6.92 Å². The lowest BCUT2D eigenvalue weighted by Gasteiger charge is -2.05. The number of hydrogen-bond acceptors (Lipinski definition) is 3. The molecule has 0 atom stereocenters. The Bertz CT molecular complexity index is 688. The molecule has 2 aromatic rings. The number of hydrogen-bond donors (Lipinski definition) is 2. The van der Waals surface area contributed by atoms with Gasteiger partial charge in [-0.3, -0.25) is 14.7 Å². The van der Waals surface area contributed by atoms with Gasteiger partial charge in [-0.05, 0) is 38.3 Å². The predicted octanol–water partition coefficient (Wildman–Crippen LogP) is 2.35. The van der Waals surface area contributed by atoms with Crippen LogP contribution in [0.5, 0.6) is 0 Å². The van der Waals surface area contributed by atoms with Gasteiger partial charge in [0.2, 0.25) is 0 Å². The first-order valence-electron chi connectivity index (χ1n) is 6.63. The third kappa shape index (κ3) is 2.22. The van der Waals surface area contributed by atoms with Crippen molar-refractivity contribution >= 4 is 17.4 Å². The molecular formula is C15H15N3O2. The van der Waals surface area contributed by atoms with Crippen LogP contribution >= 0.6 is 0 Å². The highest BCUT2D eigenvalue weighted by atomic mass is 16.2. The number of aryl methyl sites for hydroxylation is 1. The number of benzene rings is 1. The first-order valence-corrected chi connectivity index (χ1v) is 6.63. The minimum Gasteiger partial charge on any atom is -0.321 e. The van der Waals surface area contributed by atoms with Gasteiger partial charge in [-0.1, -0.05) is 12.1 Å². The molecule has 0 saturated heterocycles. The van der Waals surface area contributed by atoms with E-state index in [4.69, 9.17) is 0 Å². The molecular weight excluding hydrogens is 254 g/mol. The van der Waals surface area contributed by atoms with Gasteiger partial charge in [0.25, 0.3) is 5.91 Å². The summed E-state index contributed by atoms with van der Waals surface area (Å²) in [6, 6.07) is 6.91. The van der Waals surface area contributed by atoms with Gasteiger partial charge in [-0.25, -0.2) is 0 Å². The normalized spacial score (nSPS) is 13.1. The number of aromatic nitrogens is 2. The van der Waals surface area contributed by atoms with Gasteiger partial charge in [-0.15, -0.1) is 0 Å². The summed E-state index contributed by atoms with van der Waals surface area (Å²) in [6.45, 7) is 1.50. The zero-order valence-electron chi connectivity index (χ0n) is 11.2. The Balaban J connectivity index is 1.82. The van der Waals surface area contributed by atoms with Crippen LogP contribution in [-0.4, -0.2) is 21.9 Å².